The van der Waals surface area contributed by atoms with Crippen molar-refractivity contribution in [3.8, 4) is 0 Å². The highest BCUT2D eigenvalue weighted by molar-refractivity contribution is 5.93. The Kier molecular flexibility index (Phi) is 5.20. The second-order valence-corrected chi connectivity index (χ2v) is 7.14. The molecular formula is C20H26N6O. The van der Waals surface area contributed by atoms with Crippen LogP contribution < -0.4 is 16.2 Å². The molecule has 1 aromatic carbocycles. The summed E-state index contributed by atoms with van der Waals surface area (Å²) in [6.45, 7) is 5.83. The van der Waals surface area contributed by atoms with E-state index in [-0.39, 0.29) is 11.7 Å². The number of likely N-dealkylation sites (tertiary alicyclic amines) is 1. The van der Waals surface area contributed by atoms with Crippen LogP contribution in [0.1, 0.15) is 36.7 Å². The highest BCUT2D eigenvalue weighted by Gasteiger charge is 2.26. The van der Waals surface area contributed by atoms with Gasteiger partial charge in [0.25, 0.3) is 5.56 Å². The molecule has 2 N–H and O–H groups in total. The lowest BCUT2D eigenvalue weighted by molar-refractivity contribution is 0.235. The van der Waals surface area contributed by atoms with Crippen LogP contribution in [0.25, 0.3) is 0 Å². The molecular weight excluding hydrogens is 340 g/mol. The number of rotatable bonds is 4. The molecule has 1 aromatic heterocycles. The summed E-state index contributed by atoms with van der Waals surface area (Å²) >= 11 is 0. The third kappa shape index (κ3) is 4.03. The fourth-order valence-electron chi connectivity index (χ4n) is 3.72. The molecule has 3 heterocycles. The third-order valence-electron chi connectivity index (χ3n) is 5.09. The number of benzene rings is 1. The lowest BCUT2D eigenvalue weighted by Crippen LogP contribution is -2.48. The summed E-state index contributed by atoms with van der Waals surface area (Å²) in [5.74, 6) is 1.20. The van der Waals surface area contributed by atoms with E-state index < -0.39 is 0 Å². The molecule has 7 nitrogen and oxygen atoms in total. The normalized spacial score (nSPS) is 21.4. The quantitative estimate of drug-likeness (QED) is 0.865. The Morgan fingerprint density at radius 3 is 2.74 bits per heavy atom. The van der Waals surface area contributed by atoms with Crippen molar-refractivity contribution in [2.45, 2.75) is 32.4 Å². The van der Waals surface area contributed by atoms with E-state index in [9.17, 15) is 4.79 Å². The molecule has 1 fully saturated rings. The Labute approximate surface area is 159 Å². The molecule has 0 spiro atoms. The summed E-state index contributed by atoms with van der Waals surface area (Å²) in [5.41, 5.74) is 1.61. The second-order valence-electron chi connectivity index (χ2n) is 7.14. The van der Waals surface area contributed by atoms with Crippen LogP contribution in [-0.4, -0.2) is 46.6 Å². The van der Waals surface area contributed by atoms with Gasteiger partial charge in [-0.3, -0.25) is 19.7 Å². The maximum atomic E-state index is 12.6. The van der Waals surface area contributed by atoms with Gasteiger partial charge in [0, 0.05) is 18.3 Å². The van der Waals surface area contributed by atoms with E-state index in [1.165, 1.54) is 19.3 Å². The lowest BCUT2D eigenvalue weighted by atomic mass is 10.1. The maximum absolute atomic E-state index is 12.6. The highest BCUT2D eigenvalue weighted by atomic mass is 16.1. The van der Waals surface area contributed by atoms with E-state index in [0.717, 1.165) is 25.2 Å². The lowest BCUT2D eigenvalue weighted by Gasteiger charge is -2.31. The first-order valence-corrected chi connectivity index (χ1v) is 9.66. The molecule has 2 aromatic rings. The van der Waals surface area contributed by atoms with Crippen LogP contribution in [0.4, 0.5) is 5.95 Å². The van der Waals surface area contributed by atoms with Crippen molar-refractivity contribution in [2.24, 2.45) is 4.99 Å². The van der Waals surface area contributed by atoms with Crippen molar-refractivity contribution in [1.82, 2.24) is 19.8 Å². The van der Waals surface area contributed by atoms with Crippen LogP contribution in [0.5, 0.6) is 0 Å². The minimum Gasteiger partial charge on any atom is -0.331 e. The first kappa shape index (κ1) is 17.7. The molecule has 1 atom stereocenters. The number of hydrogen-bond acceptors (Lipinski definition) is 4. The number of aliphatic imine (C=N–C) groups is 1. The van der Waals surface area contributed by atoms with Gasteiger partial charge in [-0.2, -0.15) is 0 Å². The maximum Gasteiger partial charge on any atom is 0.257 e. The molecule has 7 heteroatoms. The van der Waals surface area contributed by atoms with Gasteiger partial charge in [0.2, 0.25) is 5.95 Å². The van der Waals surface area contributed by atoms with E-state index in [4.69, 9.17) is 4.99 Å². The Bertz CT molecular complexity index is 870. The Morgan fingerprint density at radius 1 is 1.19 bits per heavy atom. The van der Waals surface area contributed by atoms with Crippen LogP contribution in [0.3, 0.4) is 0 Å². The van der Waals surface area contributed by atoms with E-state index in [1.54, 1.807) is 10.6 Å². The van der Waals surface area contributed by atoms with Gasteiger partial charge in [-0.15, -0.1) is 0 Å². The van der Waals surface area contributed by atoms with Gasteiger partial charge in [0.15, 0.2) is 5.96 Å². The summed E-state index contributed by atoms with van der Waals surface area (Å²) in [5, 5.41) is 6.56. The van der Waals surface area contributed by atoms with Gasteiger partial charge in [-0.1, -0.05) is 36.8 Å². The number of nitrogens with zero attached hydrogens (tertiary/aromatic N) is 4. The van der Waals surface area contributed by atoms with Gasteiger partial charge in [-0.25, -0.2) is 4.98 Å². The van der Waals surface area contributed by atoms with Gasteiger partial charge in [-0.05, 0) is 38.4 Å². The standard InChI is InChI=1S/C20H26N6O/c1-15-14-17(27)26-18(16-8-4-2-5-9-16)23-19(24-20(26)22-15)21-10-13-25-11-6-3-7-12-25/h2,4-5,8-9,14,18H,3,6-7,10-13H2,1H3,(H2,21,22,23,24)/t18-/m0/s1. The van der Waals surface area contributed by atoms with Crippen LogP contribution in [0.15, 0.2) is 46.2 Å². The van der Waals surface area contributed by atoms with E-state index in [0.29, 0.717) is 24.1 Å². The van der Waals surface area contributed by atoms with E-state index in [1.807, 2.05) is 37.3 Å². The zero-order chi connectivity index (χ0) is 18.6. The van der Waals surface area contributed by atoms with Gasteiger partial charge in [0.1, 0.15) is 6.17 Å². The van der Waals surface area contributed by atoms with Crippen LogP contribution in [0, 0.1) is 6.92 Å². The number of nitrogens with one attached hydrogen (secondary N) is 2. The van der Waals surface area contributed by atoms with Gasteiger partial charge in [0.05, 0.1) is 6.54 Å². The molecule has 0 saturated carbocycles. The van der Waals surface area contributed by atoms with Crippen molar-refractivity contribution in [2.75, 3.05) is 31.5 Å². The number of aromatic nitrogens is 2. The van der Waals surface area contributed by atoms with Gasteiger partial charge < -0.3 is 10.2 Å². The van der Waals surface area contributed by atoms with Crippen molar-refractivity contribution in [3.05, 3.63) is 58.0 Å². The van der Waals surface area contributed by atoms with Crippen LogP contribution in [-0.2, 0) is 0 Å². The molecule has 0 unspecified atom stereocenters. The molecule has 4 rings (SSSR count). The Balaban J connectivity index is 1.58. The number of fused-ring (bicyclic) bond motifs is 1. The van der Waals surface area contributed by atoms with Crippen molar-refractivity contribution >= 4 is 11.9 Å². The van der Waals surface area contributed by atoms with Crippen molar-refractivity contribution in [3.63, 3.8) is 0 Å². The number of piperidine rings is 1. The number of anilines is 1. The molecule has 2 aliphatic heterocycles. The zero-order valence-corrected chi connectivity index (χ0v) is 15.7. The Morgan fingerprint density at radius 2 is 1.96 bits per heavy atom. The monoisotopic (exact) mass is 366 g/mol. The Hall–Kier alpha value is -2.67. The number of guanidine groups is 1. The molecule has 0 radical (unpaired) electrons. The second kappa shape index (κ2) is 7.92. The molecule has 0 amide bonds. The van der Waals surface area contributed by atoms with Crippen molar-refractivity contribution < 1.29 is 0 Å². The molecule has 0 bridgehead atoms. The first-order chi connectivity index (χ1) is 13.2. The fourth-order valence-corrected chi connectivity index (χ4v) is 3.72. The average molecular weight is 366 g/mol. The van der Waals surface area contributed by atoms with Crippen molar-refractivity contribution in [1.29, 1.82) is 0 Å². The van der Waals surface area contributed by atoms with Crippen LogP contribution in [0.2, 0.25) is 0 Å². The predicted octanol–water partition coefficient (Wildman–Crippen LogP) is 1.96. The minimum atomic E-state index is -0.322. The van der Waals surface area contributed by atoms with Gasteiger partial charge >= 0.3 is 0 Å². The predicted molar refractivity (Wildman–Crippen MR) is 107 cm³/mol. The smallest absolute Gasteiger partial charge is 0.257 e. The fraction of sp³-hybridized carbons (Fsp3) is 0.450. The minimum absolute atomic E-state index is 0.0845. The summed E-state index contributed by atoms with van der Waals surface area (Å²) in [6.07, 6.45) is 3.58. The first-order valence-electron chi connectivity index (χ1n) is 9.66. The number of aryl methyl sites for hydroxylation is 1. The summed E-state index contributed by atoms with van der Waals surface area (Å²) in [4.78, 5) is 24.3. The van der Waals surface area contributed by atoms with E-state index in [2.05, 4.69) is 20.5 Å². The largest absolute Gasteiger partial charge is 0.331 e. The summed E-state index contributed by atoms with van der Waals surface area (Å²) in [6, 6.07) is 11.5. The molecule has 2 aliphatic rings. The topological polar surface area (TPSA) is 74.5 Å². The number of hydrogen-bond donors (Lipinski definition) is 2. The zero-order valence-electron chi connectivity index (χ0n) is 15.7. The third-order valence-corrected chi connectivity index (χ3v) is 5.09. The highest BCUT2D eigenvalue weighted by Crippen LogP contribution is 2.21. The summed E-state index contributed by atoms with van der Waals surface area (Å²) in [7, 11) is 0. The average Bonchev–Trinajstić information content (AvgIpc) is 2.68. The molecule has 27 heavy (non-hydrogen) atoms. The molecule has 1 saturated heterocycles. The van der Waals surface area contributed by atoms with Crippen LogP contribution >= 0.6 is 0 Å². The molecule has 142 valence electrons. The molecule has 0 aliphatic carbocycles. The summed E-state index contributed by atoms with van der Waals surface area (Å²) < 4.78 is 1.64. The van der Waals surface area contributed by atoms with E-state index >= 15 is 0 Å². The SMILES string of the molecule is Cc1cc(=O)n2c(n1)NC(=NCCN1CCCCC1)N[C@@H]2c1ccccc1.